The molecule has 3 aliphatic rings. The smallest absolute Gasteiger partial charge is 0.271 e. The molecule has 17 heteroatoms. The van der Waals surface area contributed by atoms with Crippen LogP contribution in [-0.2, 0) is 25.4 Å². The first kappa shape index (κ1) is 31.1. The van der Waals surface area contributed by atoms with E-state index in [9.17, 15) is 41.1 Å². The van der Waals surface area contributed by atoms with E-state index in [1.165, 1.54) is 25.1 Å². The normalized spacial score (nSPS) is 16.5. The molecule has 2 aliphatic heterocycles. The molecular formula is C30H21F5N8O4. The molecule has 2 N–H and O–H groups in total. The number of hydrogen-bond donors (Lipinski definition) is 2. The maximum Gasteiger partial charge on any atom is 0.451 e. The summed E-state index contributed by atoms with van der Waals surface area (Å²) in [6, 6.07) is 7.91. The summed E-state index contributed by atoms with van der Waals surface area (Å²) in [6.45, 7) is 2.91. The summed E-state index contributed by atoms with van der Waals surface area (Å²) in [5.41, 5.74) is 5.37. The number of hydrazine groups is 2. The third kappa shape index (κ3) is 5.94. The number of halogens is 5. The van der Waals surface area contributed by atoms with Gasteiger partial charge in [-0.2, -0.15) is 23.2 Å². The molecule has 12 nitrogen and oxygen atoms in total. The lowest BCUT2D eigenvalue weighted by atomic mass is 10.2. The van der Waals surface area contributed by atoms with E-state index >= 15 is 0 Å². The zero-order valence-corrected chi connectivity index (χ0v) is 24.3. The molecule has 47 heavy (non-hydrogen) atoms. The highest BCUT2D eigenvalue weighted by molar-refractivity contribution is 6.17. The number of rotatable bonds is 5. The van der Waals surface area contributed by atoms with Gasteiger partial charge in [-0.3, -0.25) is 30.0 Å². The van der Waals surface area contributed by atoms with Crippen LogP contribution in [0, 0.1) is 11.6 Å². The first-order valence-corrected chi connectivity index (χ1v) is 13.9. The van der Waals surface area contributed by atoms with Gasteiger partial charge in [0.15, 0.2) is 11.6 Å². The Morgan fingerprint density at radius 2 is 1.17 bits per heavy atom. The zero-order valence-electron chi connectivity index (χ0n) is 24.3. The SMILES string of the molecule is CC1=CC(=O)N(Nc2nc(C(F)(F)F)nc3cccc(F)c23)C1=O.CC1=CC(=O)N(Nc2nc(C3CC3)nc3cccc(F)c23)C1=O. The second-order valence-corrected chi connectivity index (χ2v) is 10.7. The molecule has 0 spiro atoms. The van der Waals surface area contributed by atoms with Gasteiger partial charge in [0.2, 0.25) is 5.82 Å². The number of aromatic nitrogens is 4. The summed E-state index contributed by atoms with van der Waals surface area (Å²) >= 11 is 0. The number of carbonyl (C=O) groups is 4. The van der Waals surface area contributed by atoms with Crippen molar-refractivity contribution in [3.8, 4) is 0 Å². The molecule has 0 atom stereocenters. The van der Waals surface area contributed by atoms with Crippen LogP contribution in [0.25, 0.3) is 21.8 Å². The van der Waals surface area contributed by atoms with Gasteiger partial charge in [-0.15, -0.1) is 0 Å². The highest BCUT2D eigenvalue weighted by Crippen LogP contribution is 2.40. The highest BCUT2D eigenvalue weighted by atomic mass is 19.4. The van der Waals surface area contributed by atoms with E-state index in [0.717, 1.165) is 36.1 Å². The van der Waals surface area contributed by atoms with Gasteiger partial charge < -0.3 is 0 Å². The Bertz CT molecular complexity index is 2090. The number of fused-ring (bicyclic) bond motifs is 2. The number of alkyl halides is 3. The zero-order chi connectivity index (χ0) is 33.8. The average Bonchev–Trinajstić information content (AvgIpc) is 3.79. The summed E-state index contributed by atoms with van der Waals surface area (Å²) in [7, 11) is 0. The Balaban J connectivity index is 0.000000164. The van der Waals surface area contributed by atoms with Crippen LogP contribution in [0.3, 0.4) is 0 Å². The molecule has 0 bridgehead atoms. The fourth-order valence-electron chi connectivity index (χ4n) is 4.71. The highest BCUT2D eigenvalue weighted by Gasteiger charge is 2.37. The fraction of sp³-hybridized carbons (Fsp3) is 0.200. The molecule has 2 aromatic heterocycles. The van der Waals surface area contributed by atoms with Crippen LogP contribution in [0.5, 0.6) is 0 Å². The molecule has 4 amide bonds. The number of imide groups is 2. The lowest BCUT2D eigenvalue weighted by molar-refractivity contribution is -0.144. The quantitative estimate of drug-likeness (QED) is 0.229. The van der Waals surface area contributed by atoms with Crippen LogP contribution >= 0.6 is 0 Å². The second kappa shape index (κ2) is 11.5. The number of carbonyl (C=O) groups excluding carboxylic acids is 4. The van der Waals surface area contributed by atoms with Crippen molar-refractivity contribution in [1.82, 2.24) is 30.0 Å². The molecule has 4 heterocycles. The van der Waals surface area contributed by atoms with Gasteiger partial charge in [0.25, 0.3) is 23.6 Å². The van der Waals surface area contributed by atoms with Gasteiger partial charge in [-0.05, 0) is 51.0 Å². The minimum absolute atomic E-state index is 0.0855. The number of nitrogens with one attached hydrogen (secondary N) is 2. The molecule has 4 aromatic rings. The monoisotopic (exact) mass is 652 g/mol. The molecule has 2 aromatic carbocycles. The summed E-state index contributed by atoms with van der Waals surface area (Å²) in [4.78, 5) is 62.7. The van der Waals surface area contributed by atoms with E-state index in [4.69, 9.17) is 0 Å². The average molecular weight is 653 g/mol. The first-order chi connectivity index (χ1) is 22.2. The van der Waals surface area contributed by atoms with E-state index in [0.29, 0.717) is 21.9 Å². The molecular weight excluding hydrogens is 631 g/mol. The number of nitrogens with zero attached hydrogens (tertiary/aromatic N) is 6. The number of amides is 4. The van der Waals surface area contributed by atoms with E-state index < -0.39 is 53.1 Å². The van der Waals surface area contributed by atoms with Gasteiger partial charge in [-0.1, -0.05) is 12.1 Å². The van der Waals surface area contributed by atoms with Gasteiger partial charge >= 0.3 is 6.18 Å². The summed E-state index contributed by atoms with van der Waals surface area (Å²) in [6.07, 6.45) is -0.675. The molecule has 0 unspecified atom stereocenters. The maximum absolute atomic E-state index is 14.2. The third-order valence-electron chi connectivity index (χ3n) is 7.20. The number of hydrogen-bond acceptors (Lipinski definition) is 10. The molecule has 1 fully saturated rings. The van der Waals surface area contributed by atoms with Crippen LogP contribution in [-0.4, -0.2) is 53.6 Å². The minimum Gasteiger partial charge on any atom is -0.271 e. The van der Waals surface area contributed by atoms with E-state index in [1.807, 2.05) is 0 Å². The predicted octanol–water partition coefficient (Wildman–Crippen LogP) is 4.72. The largest absolute Gasteiger partial charge is 0.451 e. The Hall–Kier alpha value is -5.87. The van der Waals surface area contributed by atoms with Crippen molar-refractivity contribution in [2.45, 2.75) is 38.8 Å². The van der Waals surface area contributed by atoms with Crippen molar-refractivity contribution in [2.24, 2.45) is 0 Å². The molecule has 1 aliphatic carbocycles. The Labute approximate surface area is 260 Å². The molecule has 7 rings (SSSR count). The predicted molar refractivity (Wildman–Crippen MR) is 154 cm³/mol. The van der Waals surface area contributed by atoms with Crippen LogP contribution < -0.4 is 10.9 Å². The van der Waals surface area contributed by atoms with Crippen molar-refractivity contribution in [3.05, 3.63) is 83.0 Å². The van der Waals surface area contributed by atoms with Crippen LogP contribution in [0.15, 0.2) is 59.7 Å². The van der Waals surface area contributed by atoms with Crippen molar-refractivity contribution >= 4 is 57.1 Å². The molecule has 0 radical (unpaired) electrons. The van der Waals surface area contributed by atoms with Gasteiger partial charge in [0.1, 0.15) is 17.5 Å². The lowest BCUT2D eigenvalue weighted by Crippen LogP contribution is -2.37. The van der Waals surface area contributed by atoms with Crippen molar-refractivity contribution in [1.29, 1.82) is 0 Å². The van der Waals surface area contributed by atoms with Crippen molar-refractivity contribution in [2.75, 3.05) is 10.9 Å². The Morgan fingerprint density at radius 1 is 0.702 bits per heavy atom. The standard InChI is InChI=1S/C16H13FN4O2.C14H8F4N4O2/c1-8-7-12(22)21(16(8)23)20-15-13-10(17)3-2-4-11(13)18-14(19-15)9-5-6-9;1-6-5-9(23)22(12(6)24)21-11-10-7(15)3-2-4-8(10)19-13(20-11)14(16,17)18/h2-4,7,9H,5-6H2,1H3,(H,18,19,20);2-5H,1H3,(H,19,20,21). The van der Waals surface area contributed by atoms with Crippen molar-refractivity contribution < 1.29 is 41.1 Å². The molecule has 1 saturated carbocycles. The van der Waals surface area contributed by atoms with Gasteiger partial charge in [0.05, 0.1) is 21.8 Å². The van der Waals surface area contributed by atoms with Gasteiger partial charge in [0, 0.05) is 29.2 Å². The lowest BCUT2D eigenvalue weighted by Gasteiger charge is -2.18. The van der Waals surface area contributed by atoms with Crippen LogP contribution in [0.2, 0.25) is 0 Å². The number of benzene rings is 2. The minimum atomic E-state index is -4.88. The Kier molecular flexibility index (Phi) is 7.61. The first-order valence-electron chi connectivity index (χ1n) is 13.9. The summed E-state index contributed by atoms with van der Waals surface area (Å²) < 4.78 is 67.0. The third-order valence-corrected chi connectivity index (χ3v) is 7.20. The van der Waals surface area contributed by atoms with Crippen LogP contribution in [0.4, 0.5) is 33.6 Å². The Morgan fingerprint density at radius 3 is 1.60 bits per heavy atom. The van der Waals surface area contributed by atoms with Crippen LogP contribution in [0.1, 0.15) is 44.3 Å². The van der Waals surface area contributed by atoms with E-state index in [-0.39, 0.29) is 33.6 Å². The molecule has 0 saturated heterocycles. The number of anilines is 2. The van der Waals surface area contributed by atoms with E-state index in [1.54, 1.807) is 19.1 Å². The van der Waals surface area contributed by atoms with Gasteiger partial charge in [-0.25, -0.2) is 28.7 Å². The van der Waals surface area contributed by atoms with E-state index in [2.05, 4.69) is 30.8 Å². The molecule has 240 valence electrons. The van der Waals surface area contributed by atoms with Crippen molar-refractivity contribution in [3.63, 3.8) is 0 Å². The fourth-order valence-corrected chi connectivity index (χ4v) is 4.71. The summed E-state index contributed by atoms with van der Waals surface area (Å²) in [5, 5.41) is 1.11. The topological polar surface area (TPSA) is 150 Å². The maximum atomic E-state index is 14.2. The second-order valence-electron chi connectivity index (χ2n) is 10.7. The summed E-state index contributed by atoms with van der Waals surface area (Å²) in [5.74, 6) is -5.08.